The Morgan fingerprint density at radius 1 is 1.25 bits per heavy atom. The molecule has 154 valence electrons. The van der Waals surface area contributed by atoms with E-state index in [0.29, 0.717) is 19.6 Å². The van der Waals surface area contributed by atoms with Crippen molar-refractivity contribution in [2.24, 2.45) is 0 Å². The Kier molecular flexibility index (Phi) is 5.54. The van der Waals surface area contributed by atoms with Gasteiger partial charge in [-0.2, -0.15) is 0 Å². The maximum absolute atomic E-state index is 12.7. The van der Waals surface area contributed by atoms with Crippen molar-refractivity contribution in [2.75, 3.05) is 52.5 Å². The molecule has 0 unspecified atom stereocenters. The van der Waals surface area contributed by atoms with Gasteiger partial charge in [0, 0.05) is 38.8 Å². The number of carbonyl (C=O) groups excluding carboxylic acids is 2. The summed E-state index contributed by atoms with van der Waals surface area (Å²) in [6.45, 7) is 9.85. The predicted octanol–water partition coefficient (Wildman–Crippen LogP) is 1.17. The van der Waals surface area contributed by atoms with E-state index in [4.69, 9.17) is 14.0 Å². The van der Waals surface area contributed by atoms with Crippen LogP contribution in [0.5, 0.6) is 0 Å². The lowest BCUT2D eigenvalue weighted by molar-refractivity contribution is 0.0362. The highest BCUT2D eigenvalue weighted by molar-refractivity contribution is 5.92. The van der Waals surface area contributed by atoms with E-state index in [1.54, 1.807) is 15.9 Å². The van der Waals surface area contributed by atoms with Gasteiger partial charge >= 0.3 is 6.09 Å². The molecule has 0 saturated carbocycles. The minimum Gasteiger partial charge on any atom is -0.442 e. The number of likely N-dealkylation sites (tertiary alicyclic amines) is 1. The first-order valence-corrected chi connectivity index (χ1v) is 10.1. The number of nitrogens with zero attached hydrogens (tertiary/aromatic N) is 4. The minimum absolute atomic E-state index is 0.0892. The molecule has 0 bridgehead atoms. The van der Waals surface area contributed by atoms with Crippen LogP contribution in [0.3, 0.4) is 0 Å². The molecule has 9 heteroatoms. The summed E-state index contributed by atoms with van der Waals surface area (Å²) in [4.78, 5) is 30.8. The number of hydrogen-bond donors (Lipinski definition) is 0. The van der Waals surface area contributed by atoms with Crippen LogP contribution in [0.2, 0.25) is 0 Å². The van der Waals surface area contributed by atoms with Crippen molar-refractivity contribution in [1.82, 2.24) is 19.9 Å². The van der Waals surface area contributed by atoms with Crippen LogP contribution in [0.1, 0.15) is 42.4 Å². The quantitative estimate of drug-likeness (QED) is 0.718. The number of fused-ring (bicyclic) bond motifs is 1. The highest BCUT2D eigenvalue weighted by Gasteiger charge is 2.49. The Hall–Kier alpha value is -2.13. The largest absolute Gasteiger partial charge is 0.442 e. The molecule has 0 radical (unpaired) electrons. The van der Waals surface area contributed by atoms with Crippen molar-refractivity contribution >= 4 is 12.0 Å². The van der Waals surface area contributed by atoms with Crippen LogP contribution < -0.4 is 0 Å². The van der Waals surface area contributed by atoms with E-state index in [0.717, 1.165) is 45.0 Å². The van der Waals surface area contributed by atoms with Crippen LogP contribution in [-0.4, -0.2) is 96.5 Å². The molecular weight excluding hydrogens is 364 g/mol. The van der Waals surface area contributed by atoms with E-state index in [1.807, 2.05) is 13.8 Å². The van der Waals surface area contributed by atoms with Crippen LogP contribution in [0.15, 0.2) is 10.6 Å². The SMILES string of the molecule is CC(C)c1cc(C(=O)N2C[C@H]3OC(=O)N(CCCN4CCOCC4)[C@H]3C2)on1. The topological polar surface area (TPSA) is 88.4 Å². The number of carbonyl (C=O) groups is 2. The van der Waals surface area contributed by atoms with Crippen LogP contribution in [0.25, 0.3) is 0 Å². The summed E-state index contributed by atoms with van der Waals surface area (Å²) in [5.41, 5.74) is 0.763. The zero-order valence-corrected chi connectivity index (χ0v) is 16.5. The zero-order chi connectivity index (χ0) is 19.7. The fourth-order valence-corrected chi connectivity index (χ4v) is 4.03. The van der Waals surface area contributed by atoms with Crippen LogP contribution in [-0.2, 0) is 9.47 Å². The van der Waals surface area contributed by atoms with E-state index in [9.17, 15) is 9.59 Å². The third-order valence-electron chi connectivity index (χ3n) is 5.72. The molecule has 28 heavy (non-hydrogen) atoms. The summed E-state index contributed by atoms with van der Waals surface area (Å²) in [7, 11) is 0. The predicted molar refractivity (Wildman–Crippen MR) is 99.1 cm³/mol. The Labute approximate surface area is 164 Å². The second kappa shape index (κ2) is 8.08. The molecule has 2 atom stereocenters. The van der Waals surface area contributed by atoms with E-state index in [1.165, 1.54) is 0 Å². The average Bonchev–Trinajstić information content (AvgIpc) is 3.38. The van der Waals surface area contributed by atoms with Gasteiger partial charge in [-0.15, -0.1) is 0 Å². The Morgan fingerprint density at radius 3 is 2.75 bits per heavy atom. The molecule has 1 aromatic rings. The summed E-state index contributed by atoms with van der Waals surface area (Å²) in [6, 6.07) is 1.61. The fourth-order valence-electron chi connectivity index (χ4n) is 4.03. The molecule has 9 nitrogen and oxygen atoms in total. The van der Waals surface area contributed by atoms with Crippen LogP contribution in [0, 0.1) is 0 Å². The summed E-state index contributed by atoms with van der Waals surface area (Å²) in [5, 5.41) is 3.96. The van der Waals surface area contributed by atoms with Crippen molar-refractivity contribution in [1.29, 1.82) is 0 Å². The lowest BCUT2D eigenvalue weighted by atomic mass is 10.1. The van der Waals surface area contributed by atoms with Gasteiger partial charge in [0.05, 0.1) is 31.5 Å². The summed E-state index contributed by atoms with van der Waals surface area (Å²) >= 11 is 0. The van der Waals surface area contributed by atoms with Crippen molar-refractivity contribution in [2.45, 2.75) is 38.3 Å². The number of hydrogen-bond acceptors (Lipinski definition) is 7. The molecule has 1 aromatic heterocycles. The molecule has 4 rings (SSSR count). The fraction of sp³-hybridized carbons (Fsp3) is 0.737. The molecule has 0 aromatic carbocycles. The molecule has 3 aliphatic rings. The summed E-state index contributed by atoms with van der Waals surface area (Å²) in [6.07, 6.45) is 0.338. The number of morpholine rings is 1. The molecular formula is C19H28N4O5. The Balaban J connectivity index is 1.32. The molecule has 0 N–H and O–H groups in total. The van der Waals surface area contributed by atoms with E-state index >= 15 is 0 Å². The monoisotopic (exact) mass is 392 g/mol. The van der Waals surface area contributed by atoms with Gasteiger partial charge in [0.25, 0.3) is 5.91 Å². The van der Waals surface area contributed by atoms with Crippen LogP contribution >= 0.6 is 0 Å². The molecule has 3 aliphatic heterocycles. The molecule has 3 saturated heterocycles. The maximum Gasteiger partial charge on any atom is 0.410 e. The smallest absolute Gasteiger partial charge is 0.410 e. The second-order valence-electron chi connectivity index (χ2n) is 7.97. The third-order valence-corrected chi connectivity index (χ3v) is 5.72. The van der Waals surface area contributed by atoms with Gasteiger partial charge < -0.3 is 18.9 Å². The molecule has 0 spiro atoms. The second-order valence-corrected chi connectivity index (χ2v) is 7.97. The third kappa shape index (κ3) is 3.86. The highest BCUT2D eigenvalue weighted by Crippen LogP contribution is 2.28. The number of aromatic nitrogens is 1. The molecule has 4 heterocycles. The van der Waals surface area contributed by atoms with Gasteiger partial charge in [-0.05, 0) is 12.3 Å². The van der Waals surface area contributed by atoms with Gasteiger partial charge in [-0.3, -0.25) is 14.6 Å². The van der Waals surface area contributed by atoms with Gasteiger partial charge in [0.2, 0.25) is 5.76 Å². The number of amides is 2. The average molecular weight is 392 g/mol. The Morgan fingerprint density at radius 2 is 2.04 bits per heavy atom. The van der Waals surface area contributed by atoms with Gasteiger partial charge in [-0.1, -0.05) is 19.0 Å². The first-order chi connectivity index (χ1) is 13.5. The van der Waals surface area contributed by atoms with Crippen molar-refractivity contribution < 1.29 is 23.6 Å². The molecule has 0 aliphatic carbocycles. The highest BCUT2D eigenvalue weighted by atomic mass is 16.6. The lowest BCUT2D eigenvalue weighted by Crippen LogP contribution is -2.42. The Bertz CT molecular complexity index is 715. The van der Waals surface area contributed by atoms with Crippen molar-refractivity contribution in [3.63, 3.8) is 0 Å². The summed E-state index contributed by atoms with van der Waals surface area (Å²) < 4.78 is 16.1. The van der Waals surface area contributed by atoms with E-state index in [-0.39, 0.29) is 35.8 Å². The first-order valence-electron chi connectivity index (χ1n) is 10.1. The number of rotatable bonds is 6. The number of ether oxygens (including phenoxy) is 2. The van der Waals surface area contributed by atoms with E-state index < -0.39 is 0 Å². The maximum atomic E-state index is 12.7. The van der Waals surface area contributed by atoms with Crippen molar-refractivity contribution in [3.05, 3.63) is 17.5 Å². The van der Waals surface area contributed by atoms with Gasteiger partial charge in [0.1, 0.15) is 6.10 Å². The first kappa shape index (κ1) is 19.2. The molecule has 3 fully saturated rings. The van der Waals surface area contributed by atoms with Gasteiger partial charge in [-0.25, -0.2) is 4.79 Å². The minimum atomic E-state index is -0.272. The summed E-state index contributed by atoms with van der Waals surface area (Å²) in [5.74, 6) is 0.248. The normalized spacial score (nSPS) is 25.5. The van der Waals surface area contributed by atoms with Crippen molar-refractivity contribution in [3.8, 4) is 0 Å². The standard InChI is InChI=1S/C19H28N4O5/c1-13(2)14-10-16(28-20-14)18(24)22-11-15-17(12-22)27-19(25)23(15)5-3-4-21-6-8-26-9-7-21/h10,13,15,17H,3-9,11-12H2,1-2H3/t15-,17+/m0/s1. The van der Waals surface area contributed by atoms with Crippen LogP contribution in [0.4, 0.5) is 4.79 Å². The lowest BCUT2D eigenvalue weighted by Gasteiger charge is -2.28. The zero-order valence-electron chi connectivity index (χ0n) is 16.5. The van der Waals surface area contributed by atoms with Gasteiger partial charge in [0.15, 0.2) is 0 Å². The molecule has 2 amide bonds. The van der Waals surface area contributed by atoms with E-state index in [2.05, 4.69) is 10.1 Å².